The summed E-state index contributed by atoms with van der Waals surface area (Å²) in [5.41, 5.74) is 0.0150. The number of carbonyl (C=O) groups excluding carboxylic acids is 1. The molecule has 100 valence electrons. The highest BCUT2D eigenvalue weighted by Gasteiger charge is 2.17. The second-order valence-corrected chi connectivity index (χ2v) is 6.85. The van der Waals surface area contributed by atoms with Crippen LogP contribution >= 0.6 is 50.5 Å². The second kappa shape index (κ2) is 5.75. The number of carbonyl (C=O) groups is 1. The lowest BCUT2D eigenvalue weighted by Crippen LogP contribution is -2.27. The maximum absolute atomic E-state index is 12.1. The van der Waals surface area contributed by atoms with Crippen LogP contribution in [0.15, 0.2) is 21.5 Å². The number of aryl methyl sites for hydroxylation is 1. The van der Waals surface area contributed by atoms with Crippen molar-refractivity contribution in [1.29, 1.82) is 0 Å². The van der Waals surface area contributed by atoms with E-state index in [0.29, 0.717) is 24.5 Å². The topological polar surface area (TPSA) is 52.0 Å². The van der Waals surface area contributed by atoms with E-state index in [9.17, 15) is 9.59 Å². The molecule has 0 radical (unpaired) electrons. The zero-order chi connectivity index (χ0) is 14.2. The number of Topliss-reactive ketones (excluding diaryl/α,β-unsaturated/α-hetero) is 1. The molecule has 0 fully saturated rings. The number of nitrogens with zero attached hydrogens (tertiary/aromatic N) is 2. The SMILES string of the molecule is Cc1ncc(Br)c(=O)n1CC(=O)c1cc(Cl)sc1Cl. The number of thiophene rings is 1. The van der Waals surface area contributed by atoms with Crippen LogP contribution in [0.2, 0.25) is 8.67 Å². The summed E-state index contributed by atoms with van der Waals surface area (Å²) in [5.74, 6) is 0.178. The Morgan fingerprint density at radius 2 is 2.21 bits per heavy atom. The third-order valence-electron chi connectivity index (χ3n) is 2.46. The molecule has 8 heteroatoms. The second-order valence-electron chi connectivity index (χ2n) is 3.71. The molecule has 0 saturated carbocycles. The van der Waals surface area contributed by atoms with E-state index >= 15 is 0 Å². The van der Waals surface area contributed by atoms with Gasteiger partial charge in [-0.05, 0) is 28.9 Å². The van der Waals surface area contributed by atoms with Crippen LogP contribution in [-0.2, 0) is 6.54 Å². The van der Waals surface area contributed by atoms with E-state index in [0.717, 1.165) is 11.3 Å². The van der Waals surface area contributed by atoms with E-state index in [1.54, 1.807) is 6.92 Å². The normalized spacial score (nSPS) is 10.7. The standard InChI is InChI=1S/C11H7BrCl2N2O2S/c1-5-15-3-7(12)11(18)16(5)4-8(17)6-2-9(13)19-10(6)14/h2-3H,4H2,1H3. The van der Waals surface area contributed by atoms with Crippen LogP contribution in [-0.4, -0.2) is 15.3 Å². The van der Waals surface area contributed by atoms with E-state index in [1.165, 1.54) is 16.8 Å². The molecule has 2 heterocycles. The van der Waals surface area contributed by atoms with Crippen LogP contribution in [0, 0.1) is 6.92 Å². The zero-order valence-electron chi connectivity index (χ0n) is 9.61. The maximum atomic E-state index is 12.1. The van der Waals surface area contributed by atoms with E-state index in [4.69, 9.17) is 23.2 Å². The summed E-state index contributed by atoms with van der Waals surface area (Å²) < 4.78 is 2.35. The summed E-state index contributed by atoms with van der Waals surface area (Å²) >= 11 is 15.9. The molecule has 19 heavy (non-hydrogen) atoms. The lowest BCUT2D eigenvalue weighted by Gasteiger charge is -2.08. The number of rotatable bonds is 3. The lowest BCUT2D eigenvalue weighted by atomic mass is 10.2. The third-order valence-corrected chi connectivity index (χ3v) is 4.50. The lowest BCUT2D eigenvalue weighted by molar-refractivity contribution is 0.0970. The van der Waals surface area contributed by atoms with Gasteiger partial charge in [0.05, 0.1) is 16.4 Å². The molecular weight excluding hydrogens is 375 g/mol. The van der Waals surface area contributed by atoms with Gasteiger partial charge in [-0.2, -0.15) is 0 Å². The molecule has 0 aliphatic heterocycles. The highest BCUT2D eigenvalue weighted by molar-refractivity contribution is 9.10. The van der Waals surface area contributed by atoms with Gasteiger partial charge in [-0.15, -0.1) is 11.3 Å². The average Bonchev–Trinajstić information content (AvgIpc) is 2.69. The van der Waals surface area contributed by atoms with Gasteiger partial charge in [0, 0.05) is 6.20 Å². The molecule has 0 aromatic carbocycles. The molecular formula is C11H7BrCl2N2O2S. The van der Waals surface area contributed by atoms with Crippen LogP contribution in [0.3, 0.4) is 0 Å². The van der Waals surface area contributed by atoms with E-state index < -0.39 is 0 Å². The van der Waals surface area contributed by atoms with Crippen LogP contribution in [0.1, 0.15) is 16.2 Å². The van der Waals surface area contributed by atoms with Crippen molar-refractivity contribution in [3.63, 3.8) is 0 Å². The molecule has 0 aliphatic carbocycles. The first-order valence-electron chi connectivity index (χ1n) is 5.10. The predicted octanol–water partition coefficient (Wildman–Crippen LogP) is 3.57. The smallest absolute Gasteiger partial charge is 0.268 e. The molecule has 0 amide bonds. The van der Waals surface area contributed by atoms with Crippen molar-refractivity contribution in [2.75, 3.05) is 0 Å². The molecule has 2 rings (SSSR count). The summed E-state index contributed by atoms with van der Waals surface area (Å²) in [4.78, 5) is 28.1. The number of aromatic nitrogens is 2. The Labute approximate surface area is 131 Å². The van der Waals surface area contributed by atoms with E-state index in [2.05, 4.69) is 20.9 Å². The van der Waals surface area contributed by atoms with Crippen molar-refractivity contribution in [2.45, 2.75) is 13.5 Å². The summed E-state index contributed by atoms with van der Waals surface area (Å²) in [5, 5.41) is 0. The van der Waals surface area contributed by atoms with Crippen molar-refractivity contribution >= 4 is 56.3 Å². The molecule has 4 nitrogen and oxygen atoms in total. The van der Waals surface area contributed by atoms with Crippen LogP contribution in [0.4, 0.5) is 0 Å². The first kappa shape index (κ1) is 14.7. The Kier molecular flexibility index (Phi) is 4.45. The first-order chi connectivity index (χ1) is 8.90. The van der Waals surface area contributed by atoms with Crippen molar-refractivity contribution in [3.8, 4) is 0 Å². The van der Waals surface area contributed by atoms with Gasteiger partial charge in [0.2, 0.25) is 0 Å². The number of hydrogen-bond acceptors (Lipinski definition) is 4. The van der Waals surface area contributed by atoms with Crippen molar-refractivity contribution in [3.05, 3.63) is 47.2 Å². The fourth-order valence-corrected chi connectivity index (χ4v) is 3.31. The minimum absolute atomic E-state index is 0.121. The third kappa shape index (κ3) is 3.08. The largest absolute Gasteiger partial charge is 0.292 e. The minimum Gasteiger partial charge on any atom is -0.292 e. The van der Waals surface area contributed by atoms with Gasteiger partial charge in [-0.1, -0.05) is 23.2 Å². The summed E-state index contributed by atoms with van der Waals surface area (Å²) in [6, 6.07) is 1.50. The highest BCUT2D eigenvalue weighted by Crippen LogP contribution is 2.31. The fraction of sp³-hybridized carbons (Fsp3) is 0.182. The highest BCUT2D eigenvalue weighted by atomic mass is 79.9. The molecule has 0 atom stereocenters. The van der Waals surface area contributed by atoms with Crippen LogP contribution in [0.5, 0.6) is 0 Å². The summed E-state index contributed by atoms with van der Waals surface area (Å²) in [6.45, 7) is 1.53. The Hall–Kier alpha value is -0.690. The number of halogens is 3. The fourth-order valence-electron chi connectivity index (χ4n) is 1.50. The monoisotopic (exact) mass is 380 g/mol. The quantitative estimate of drug-likeness (QED) is 0.763. The summed E-state index contributed by atoms with van der Waals surface area (Å²) in [7, 11) is 0. The van der Waals surface area contributed by atoms with Crippen LogP contribution in [0.25, 0.3) is 0 Å². The molecule has 2 aromatic rings. The van der Waals surface area contributed by atoms with Gasteiger partial charge in [0.1, 0.15) is 14.6 Å². The van der Waals surface area contributed by atoms with Crippen molar-refractivity contribution in [1.82, 2.24) is 9.55 Å². The summed E-state index contributed by atoms with van der Waals surface area (Å²) in [6.07, 6.45) is 1.41. The van der Waals surface area contributed by atoms with Gasteiger partial charge in [-0.25, -0.2) is 4.98 Å². The predicted molar refractivity (Wildman–Crippen MR) is 79.6 cm³/mol. The van der Waals surface area contributed by atoms with E-state index in [-0.39, 0.29) is 17.9 Å². The number of hydrogen-bond donors (Lipinski definition) is 0. The minimum atomic E-state index is -0.307. The molecule has 0 unspecified atom stereocenters. The van der Waals surface area contributed by atoms with Gasteiger partial charge in [0.15, 0.2) is 5.78 Å². The Morgan fingerprint density at radius 3 is 2.79 bits per heavy atom. The maximum Gasteiger partial charge on any atom is 0.268 e. The van der Waals surface area contributed by atoms with Gasteiger partial charge >= 0.3 is 0 Å². The Morgan fingerprint density at radius 1 is 1.53 bits per heavy atom. The molecule has 0 N–H and O–H groups in total. The van der Waals surface area contributed by atoms with Gasteiger partial charge in [0.25, 0.3) is 5.56 Å². The van der Waals surface area contributed by atoms with Gasteiger partial charge < -0.3 is 0 Å². The number of ketones is 1. The molecule has 0 saturated heterocycles. The molecule has 0 bridgehead atoms. The van der Waals surface area contributed by atoms with Crippen LogP contribution < -0.4 is 5.56 Å². The van der Waals surface area contributed by atoms with Gasteiger partial charge in [-0.3, -0.25) is 14.2 Å². The van der Waals surface area contributed by atoms with Crippen molar-refractivity contribution < 1.29 is 4.79 Å². The average molecular weight is 382 g/mol. The first-order valence-corrected chi connectivity index (χ1v) is 7.46. The zero-order valence-corrected chi connectivity index (χ0v) is 13.5. The van der Waals surface area contributed by atoms with Crippen molar-refractivity contribution in [2.24, 2.45) is 0 Å². The Bertz CT molecular complexity index is 711. The molecule has 0 aliphatic rings. The molecule has 2 aromatic heterocycles. The molecule has 0 spiro atoms. The Balaban J connectivity index is 2.37. The van der Waals surface area contributed by atoms with E-state index in [1.807, 2.05) is 0 Å².